The molecule has 0 amide bonds. The molecule has 2 unspecified atom stereocenters. The zero-order valence-corrected chi connectivity index (χ0v) is 16.9. The first-order chi connectivity index (χ1) is 14.5. The molecule has 0 aliphatic heterocycles. The van der Waals surface area contributed by atoms with Gasteiger partial charge in [0.25, 0.3) is 5.56 Å². The summed E-state index contributed by atoms with van der Waals surface area (Å²) in [6.07, 6.45) is 1.60. The van der Waals surface area contributed by atoms with Gasteiger partial charge in [0, 0.05) is 13.6 Å². The highest BCUT2D eigenvalue weighted by molar-refractivity contribution is 5.70. The molecular weight excluding hydrogens is 413 g/mol. The van der Waals surface area contributed by atoms with Gasteiger partial charge in [-0.3, -0.25) is 13.9 Å². The molecule has 10 heteroatoms. The zero-order chi connectivity index (χ0) is 22.6. The van der Waals surface area contributed by atoms with Crippen molar-refractivity contribution in [2.24, 2.45) is 13.0 Å². The Labute approximate surface area is 174 Å². The number of imidazole rings is 1. The minimum Gasteiger partial charge on any atom is -0.376 e. The van der Waals surface area contributed by atoms with Crippen LogP contribution >= 0.6 is 0 Å². The van der Waals surface area contributed by atoms with Gasteiger partial charge in [0.15, 0.2) is 16.8 Å². The Bertz CT molecular complexity index is 1300. The van der Waals surface area contributed by atoms with Crippen LogP contribution in [0.5, 0.6) is 0 Å². The topological polar surface area (TPSA) is 82.0 Å². The first-order valence-electron chi connectivity index (χ1n) is 9.70. The fraction of sp³-hybridized carbons (Fsp3) is 0.381. The minimum atomic E-state index is -4.88. The third-order valence-corrected chi connectivity index (χ3v) is 5.76. The monoisotopic (exact) mass is 434 g/mol. The molecule has 0 saturated heterocycles. The van der Waals surface area contributed by atoms with Crippen LogP contribution in [0.1, 0.15) is 24.5 Å². The summed E-state index contributed by atoms with van der Waals surface area (Å²) in [5, 5.41) is 9.95. The highest BCUT2D eigenvalue weighted by Crippen LogP contribution is 2.38. The van der Waals surface area contributed by atoms with Crippen molar-refractivity contribution in [1.29, 1.82) is 0 Å². The summed E-state index contributed by atoms with van der Waals surface area (Å²) >= 11 is 0. The third-order valence-electron chi connectivity index (χ3n) is 5.76. The summed E-state index contributed by atoms with van der Waals surface area (Å²) in [4.78, 5) is 30.1. The summed E-state index contributed by atoms with van der Waals surface area (Å²) in [5.74, 6) is 0.281. The van der Waals surface area contributed by atoms with E-state index in [0.717, 1.165) is 23.1 Å². The van der Waals surface area contributed by atoms with Crippen LogP contribution in [0, 0.1) is 5.92 Å². The molecule has 1 aromatic carbocycles. The Morgan fingerprint density at radius 1 is 1.26 bits per heavy atom. The largest absolute Gasteiger partial charge is 0.421 e. The van der Waals surface area contributed by atoms with Crippen LogP contribution in [0.4, 0.5) is 13.2 Å². The molecule has 0 spiro atoms. The molecule has 2 atom stereocenters. The maximum absolute atomic E-state index is 13.2. The number of benzene rings is 1. The van der Waals surface area contributed by atoms with Crippen molar-refractivity contribution in [1.82, 2.24) is 18.7 Å². The van der Waals surface area contributed by atoms with Crippen LogP contribution in [0.25, 0.3) is 11.2 Å². The lowest BCUT2D eigenvalue weighted by Gasteiger charge is -2.27. The first kappa shape index (κ1) is 21.1. The molecule has 1 aliphatic carbocycles. The zero-order valence-electron chi connectivity index (χ0n) is 16.9. The van der Waals surface area contributed by atoms with Crippen molar-refractivity contribution < 1.29 is 18.3 Å². The second kappa shape index (κ2) is 7.23. The van der Waals surface area contributed by atoms with Gasteiger partial charge in [-0.25, -0.2) is 9.78 Å². The van der Waals surface area contributed by atoms with Crippen LogP contribution in [0.2, 0.25) is 0 Å². The van der Waals surface area contributed by atoms with Gasteiger partial charge in [-0.05, 0) is 30.4 Å². The van der Waals surface area contributed by atoms with E-state index in [4.69, 9.17) is 0 Å². The second-order valence-electron chi connectivity index (χ2n) is 8.00. The highest BCUT2D eigenvalue weighted by Gasteiger charge is 2.51. The van der Waals surface area contributed by atoms with E-state index in [1.165, 1.54) is 30.1 Å². The maximum atomic E-state index is 13.2. The average Bonchev–Trinajstić information content (AvgIpc) is 3.10. The quantitative estimate of drug-likeness (QED) is 0.625. The molecule has 0 bridgehead atoms. The molecule has 2 aromatic heterocycles. The lowest BCUT2D eigenvalue weighted by molar-refractivity contribution is -0.258. The first-order valence-corrected chi connectivity index (χ1v) is 9.70. The molecule has 1 aliphatic rings. The third kappa shape index (κ3) is 3.50. The van der Waals surface area contributed by atoms with E-state index in [9.17, 15) is 27.9 Å². The van der Waals surface area contributed by atoms with Gasteiger partial charge in [-0.15, -0.1) is 0 Å². The SMILES string of the molecule is Cn1c(=O)n(Cc2cccc(C(C)(O)C(F)(F)F)c2)c(=O)c2c1ncn2CC1C=CC1. The van der Waals surface area contributed by atoms with E-state index in [1.807, 2.05) is 12.2 Å². The standard InChI is InChI=1S/C21H21F3N4O3/c1-20(31,21(22,23)24)15-8-4-7-14(9-15)11-28-18(29)16-17(26(2)19(28)30)25-12-27(16)10-13-5-3-6-13/h3-5,7-9,12-13,31H,6,10-11H2,1-2H3. The predicted octanol–water partition coefficient (Wildman–Crippen LogP) is 2.29. The molecule has 7 nitrogen and oxygen atoms in total. The summed E-state index contributed by atoms with van der Waals surface area (Å²) < 4.78 is 43.5. The van der Waals surface area contributed by atoms with Gasteiger partial charge >= 0.3 is 11.9 Å². The van der Waals surface area contributed by atoms with Crippen LogP contribution in [0.3, 0.4) is 0 Å². The molecular formula is C21H21F3N4O3. The average molecular weight is 434 g/mol. The van der Waals surface area contributed by atoms with Gasteiger partial charge in [0.1, 0.15) is 0 Å². The number of fused-ring (bicyclic) bond motifs is 1. The fourth-order valence-corrected chi connectivity index (χ4v) is 3.64. The van der Waals surface area contributed by atoms with Gasteiger partial charge in [-0.1, -0.05) is 36.4 Å². The number of hydrogen-bond acceptors (Lipinski definition) is 4. The van der Waals surface area contributed by atoms with E-state index in [1.54, 1.807) is 4.57 Å². The summed E-state index contributed by atoms with van der Waals surface area (Å²) in [6.45, 7) is 0.971. The minimum absolute atomic E-state index is 0.238. The van der Waals surface area contributed by atoms with Crippen LogP contribution < -0.4 is 11.2 Å². The highest BCUT2D eigenvalue weighted by atomic mass is 19.4. The Morgan fingerprint density at radius 3 is 2.58 bits per heavy atom. The number of allylic oxidation sites excluding steroid dienone is 2. The normalized spacial score (nSPS) is 18.2. The Balaban J connectivity index is 1.78. The number of aryl methyl sites for hydroxylation is 1. The van der Waals surface area contributed by atoms with Crippen molar-refractivity contribution in [3.05, 3.63) is 74.7 Å². The lowest BCUT2D eigenvalue weighted by Crippen LogP contribution is -2.40. The molecule has 3 aromatic rings. The summed E-state index contributed by atoms with van der Waals surface area (Å²) in [5.41, 5.74) is -3.81. The van der Waals surface area contributed by atoms with Gasteiger partial charge in [-0.2, -0.15) is 13.2 Å². The van der Waals surface area contributed by atoms with E-state index in [-0.39, 0.29) is 34.8 Å². The number of rotatable bonds is 5. The van der Waals surface area contributed by atoms with Crippen molar-refractivity contribution in [2.45, 2.75) is 38.2 Å². The number of aromatic nitrogens is 4. The van der Waals surface area contributed by atoms with Gasteiger partial charge in [0.05, 0.1) is 12.9 Å². The van der Waals surface area contributed by atoms with Crippen LogP contribution in [-0.2, 0) is 25.7 Å². The van der Waals surface area contributed by atoms with Crippen LogP contribution in [0.15, 0.2) is 52.3 Å². The number of alkyl halides is 3. The fourth-order valence-electron chi connectivity index (χ4n) is 3.64. The molecule has 31 heavy (non-hydrogen) atoms. The lowest BCUT2D eigenvalue weighted by atomic mass is 9.94. The molecule has 0 radical (unpaired) electrons. The Kier molecular flexibility index (Phi) is 4.92. The molecule has 0 fully saturated rings. The second-order valence-corrected chi connectivity index (χ2v) is 8.00. The summed E-state index contributed by atoms with van der Waals surface area (Å²) in [6, 6.07) is 5.16. The smallest absolute Gasteiger partial charge is 0.376 e. The van der Waals surface area contributed by atoms with Crippen molar-refractivity contribution in [2.75, 3.05) is 0 Å². The van der Waals surface area contributed by atoms with Crippen LogP contribution in [-0.4, -0.2) is 30.0 Å². The van der Waals surface area contributed by atoms with Gasteiger partial charge < -0.3 is 9.67 Å². The Hall–Kier alpha value is -3.14. The van der Waals surface area contributed by atoms with Gasteiger partial charge in [0.2, 0.25) is 0 Å². The van der Waals surface area contributed by atoms with Crippen molar-refractivity contribution >= 4 is 11.2 Å². The van der Waals surface area contributed by atoms with E-state index < -0.39 is 23.0 Å². The number of hydrogen-bond donors (Lipinski definition) is 1. The molecule has 1 N–H and O–H groups in total. The Morgan fingerprint density at radius 2 is 1.97 bits per heavy atom. The number of aliphatic hydroxyl groups is 1. The molecule has 2 heterocycles. The van der Waals surface area contributed by atoms with Crippen molar-refractivity contribution in [3.8, 4) is 0 Å². The number of nitrogens with zero attached hydrogens (tertiary/aromatic N) is 4. The summed E-state index contributed by atoms with van der Waals surface area (Å²) in [7, 11) is 1.49. The van der Waals surface area contributed by atoms with Crippen molar-refractivity contribution in [3.63, 3.8) is 0 Å². The molecule has 4 rings (SSSR count). The van der Waals surface area contributed by atoms with E-state index in [0.29, 0.717) is 13.5 Å². The molecule has 164 valence electrons. The van der Waals surface area contributed by atoms with E-state index >= 15 is 0 Å². The van der Waals surface area contributed by atoms with E-state index in [2.05, 4.69) is 4.98 Å². The predicted molar refractivity (Wildman–Crippen MR) is 108 cm³/mol. The molecule has 0 saturated carbocycles. The number of halogens is 3. The maximum Gasteiger partial charge on any atom is 0.421 e.